The molecule has 0 radical (unpaired) electrons. The van der Waals surface area contributed by atoms with Crippen molar-refractivity contribution in [1.82, 2.24) is 30.2 Å². The fourth-order valence-corrected chi connectivity index (χ4v) is 9.11. The number of benzene rings is 3. The zero-order chi connectivity index (χ0) is 52.0. The van der Waals surface area contributed by atoms with Gasteiger partial charge in [-0.2, -0.15) is 13.2 Å². The Morgan fingerprint density at radius 2 is 1.58 bits per heavy atom. The van der Waals surface area contributed by atoms with Crippen molar-refractivity contribution in [1.29, 1.82) is 0 Å². The number of halogens is 3. The number of pyridine rings is 1. The van der Waals surface area contributed by atoms with E-state index in [4.69, 9.17) is 19.2 Å². The van der Waals surface area contributed by atoms with Gasteiger partial charge >= 0.3 is 24.3 Å². The molecule has 2 saturated heterocycles. The molecule has 0 saturated carbocycles. The average Bonchev–Trinajstić information content (AvgIpc) is 3.62. The van der Waals surface area contributed by atoms with Crippen molar-refractivity contribution in [3.8, 4) is 22.4 Å². The van der Waals surface area contributed by atoms with Gasteiger partial charge < -0.3 is 44.1 Å². The molecule has 3 amide bonds. The lowest BCUT2D eigenvalue weighted by atomic mass is 9.84. The summed E-state index contributed by atoms with van der Waals surface area (Å²) in [6, 6.07) is 21.5. The van der Waals surface area contributed by atoms with Gasteiger partial charge in [0.1, 0.15) is 30.8 Å². The number of nitrogens with one attached hydrogen (secondary N) is 2. The zero-order valence-electron chi connectivity index (χ0n) is 41.6. The van der Waals surface area contributed by atoms with E-state index in [1.54, 1.807) is 56.1 Å². The van der Waals surface area contributed by atoms with Gasteiger partial charge in [0.15, 0.2) is 0 Å². The molecule has 0 spiro atoms. The second kappa shape index (κ2) is 22.4. The molecule has 4 N–H and O–H groups in total. The van der Waals surface area contributed by atoms with Crippen LogP contribution in [-0.4, -0.2) is 124 Å². The number of hydrogen-bond donors (Lipinski definition) is 4. The number of aliphatic hydroxyl groups is 1. The number of hydrazine groups is 1. The Kier molecular flexibility index (Phi) is 16.5. The number of anilines is 1. The van der Waals surface area contributed by atoms with Gasteiger partial charge in [0, 0.05) is 69.3 Å². The molecule has 0 bridgehead atoms. The van der Waals surface area contributed by atoms with Crippen molar-refractivity contribution in [2.24, 2.45) is 5.41 Å². The molecule has 386 valence electrons. The Balaban J connectivity index is 1.26. The number of alkyl halides is 3. The van der Waals surface area contributed by atoms with Crippen molar-refractivity contribution in [3.05, 3.63) is 107 Å². The molecule has 0 unspecified atom stereocenters. The Bertz CT molecular complexity index is 2730. The number of ether oxygens (including phenoxy) is 3. The fraction of sp³-hybridized carbons (Fsp3) is 0.453. The molecule has 2 aliphatic rings. The summed E-state index contributed by atoms with van der Waals surface area (Å²) in [5.74, 6) is -1.66. The van der Waals surface area contributed by atoms with E-state index in [1.807, 2.05) is 73.3 Å². The number of nitrogens with zero attached hydrogens (tertiary/aromatic N) is 5. The van der Waals surface area contributed by atoms with Gasteiger partial charge in [-0.15, -0.1) is 0 Å². The predicted molar refractivity (Wildman–Crippen MR) is 265 cm³/mol. The number of carbonyl (C=O) groups is 4. The third kappa shape index (κ3) is 13.4. The van der Waals surface area contributed by atoms with Crippen molar-refractivity contribution < 1.29 is 56.8 Å². The minimum absolute atomic E-state index is 0.00862. The molecule has 0 aliphatic carbocycles. The van der Waals surface area contributed by atoms with E-state index in [9.17, 15) is 42.6 Å². The molecular formula is C53H64F3N7O9. The van der Waals surface area contributed by atoms with E-state index in [0.717, 1.165) is 5.56 Å². The number of fused-ring (bicyclic) bond motifs is 1. The standard InChI is InChI=1S/C53H64F3N7O9/c1-51(2,3)72-49(68)58-43(47(65)63-19-11-16-42(59-63)48(66)67)25-35-14-10-15-36(24-35)37-17-18-45-39(26-37)41(28-52(4,5)33-64)46(62(45)32-53(54,55)56)40-27-38(29-57-44(40)31-70-6)60-20-22-61(23-21-60)50(69)71-30-34-12-8-7-9-13-34/h7-10,12-15,17-18,24,26-27,29,42-43,59,64H,11,16,19-23,25,28,30-33H2,1-6H3,(H,58,68)(H,66,67)/t42-,43-/m0/s1. The third-order valence-corrected chi connectivity index (χ3v) is 12.6. The van der Waals surface area contributed by atoms with Gasteiger partial charge in [-0.05, 0) is 91.5 Å². The molecule has 2 atom stereocenters. The molecule has 3 aromatic carbocycles. The van der Waals surface area contributed by atoms with E-state index in [0.29, 0.717) is 89.1 Å². The number of aliphatic carboxylic acids is 1. The maximum Gasteiger partial charge on any atom is 0.410 e. The molecule has 7 rings (SSSR count). The Labute approximate surface area is 417 Å². The summed E-state index contributed by atoms with van der Waals surface area (Å²) < 4.78 is 62.6. The normalized spacial score (nSPS) is 16.1. The van der Waals surface area contributed by atoms with E-state index < -0.39 is 59.9 Å². The first-order chi connectivity index (χ1) is 34.1. The number of piperazine rings is 1. The van der Waals surface area contributed by atoms with Crippen LogP contribution in [0.3, 0.4) is 0 Å². The Hall–Kier alpha value is -6.70. The van der Waals surface area contributed by atoms with Crippen LogP contribution in [0.2, 0.25) is 0 Å². The highest BCUT2D eigenvalue weighted by atomic mass is 19.4. The second-order valence-corrected chi connectivity index (χ2v) is 20.1. The van der Waals surface area contributed by atoms with Crippen LogP contribution in [0, 0.1) is 5.41 Å². The van der Waals surface area contributed by atoms with E-state index >= 15 is 0 Å². The summed E-state index contributed by atoms with van der Waals surface area (Å²) in [5.41, 5.74) is 6.57. The molecular weight excluding hydrogens is 936 g/mol. The molecule has 16 nitrogen and oxygen atoms in total. The van der Waals surface area contributed by atoms with Gasteiger partial charge in [0.05, 0.1) is 29.9 Å². The molecule has 2 fully saturated rings. The molecule has 19 heteroatoms. The Morgan fingerprint density at radius 1 is 0.875 bits per heavy atom. The van der Waals surface area contributed by atoms with Gasteiger partial charge in [-0.3, -0.25) is 19.6 Å². The number of carbonyl (C=O) groups excluding carboxylic acids is 3. The summed E-state index contributed by atoms with van der Waals surface area (Å²) in [6.07, 6.45) is -3.33. The highest BCUT2D eigenvalue weighted by Gasteiger charge is 2.36. The van der Waals surface area contributed by atoms with Crippen LogP contribution in [0.1, 0.15) is 69.8 Å². The molecule has 72 heavy (non-hydrogen) atoms. The minimum Gasteiger partial charge on any atom is -0.480 e. The first-order valence-corrected chi connectivity index (χ1v) is 24.0. The lowest BCUT2D eigenvalue weighted by Gasteiger charge is -2.35. The summed E-state index contributed by atoms with van der Waals surface area (Å²) in [4.78, 5) is 60.5. The van der Waals surface area contributed by atoms with Gasteiger partial charge in [0.25, 0.3) is 5.91 Å². The first-order valence-electron chi connectivity index (χ1n) is 24.0. The second-order valence-electron chi connectivity index (χ2n) is 20.1. The van der Waals surface area contributed by atoms with Crippen LogP contribution in [0.25, 0.3) is 33.3 Å². The number of amides is 3. The molecule has 5 aromatic rings. The smallest absolute Gasteiger partial charge is 0.410 e. The summed E-state index contributed by atoms with van der Waals surface area (Å²) in [6.45, 7) is 9.03. The van der Waals surface area contributed by atoms with E-state index in [-0.39, 0.29) is 44.9 Å². The highest BCUT2D eigenvalue weighted by molar-refractivity contribution is 5.96. The lowest BCUT2D eigenvalue weighted by molar-refractivity contribution is -0.147. The molecule has 2 aromatic heterocycles. The summed E-state index contributed by atoms with van der Waals surface area (Å²) in [7, 11) is 1.49. The van der Waals surface area contributed by atoms with Crippen molar-refractivity contribution in [2.75, 3.05) is 51.3 Å². The summed E-state index contributed by atoms with van der Waals surface area (Å²) in [5, 5.41) is 24.7. The van der Waals surface area contributed by atoms with Crippen LogP contribution in [0.4, 0.5) is 28.4 Å². The number of carboxylic acids is 1. The molecule has 2 aliphatic heterocycles. The van der Waals surface area contributed by atoms with Crippen molar-refractivity contribution in [2.45, 2.75) is 104 Å². The Morgan fingerprint density at radius 3 is 2.25 bits per heavy atom. The average molecular weight is 1000 g/mol. The number of alkyl carbamates (subject to hydrolysis) is 1. The number of hydrogen-bond acceptors (Lipinski definition) is 11. The van der Waals surface area contributed by atoms with Gasteiger partial charge in [-0.1, -0.05) is 74.5 Å². The number of rotatable bonds is 16. The maximum absolute atomic E-state index is 14.9. The largest absolute Gasteiger partial charge is 0.480 e. The maximum atomic E-state index is 14.9. The zero-order valence-corrected chi connectivity index (χ0v) is 41.6. The van der Waals surface area contributed by atoms with Crippen LogP contribution >= 0.6 is 0 Å². The van der Waals surface area contributed by atoms with Crippen LogP contribution < -0.4 is 15.6 Å². The topological polar surface area (TPSA) is 188 Å². The number of carboxylic acid groups (broad SMARTS) is 1. The number of methoxy groups -OCH3 is 1. The summed E-state index contributed by atoms with van der Waals surface area (Å²) >= 11 is 0. The first kappa shape index (κ1) is 53.1. The third-order valence-electron chi connectivity index (χ3n) is 12.6. The van der Waals surface area contributed by atoms with Gasteiger partial charge in [0.2, 0.25) is 0 Å². The fourth-order valence-electron chi connectivity index (χ4n) is 9.11. The number of aromatic nitrogens is 2. The molecule has 4 heterocycles. The predicted octanol–water partition coefficient (Wildman–Crippen LogP) is 8.11. The van der Waals surface area contributed by atoms with Gasteiger partial charge in [-0.25, -0.2) is 15.0 Å². The van der Waals surface area contributed by atoms with Crippen LogP contribution in [0.5, 0.6) is 0 Å². The van der Waals surface area contributed by atoms with Crippen LogP contribution in [0.15, 0.2) is 85.1 Å². The van der Waals surface area contributed by atoms with E-state index in [1.165, 1.54) is 16.7 Å². The monoisotopic (exact) mass is 999 g/mol. The quantitative estimate of drug-likeness (QED) is 0.0745. The SMILES string of the molecule is COCc1ncc(N2CCN(C(=O)OCc3ccccc3)CC2)cc1-c1c(CC(C)(C)CO)c2cc(-c3cccc(C[C@H](NC(=O)OC(C)(C)C)C(=O)N4CCC[C@@H](C(=O)O)N4)c3)ccc2n1CC(F)(F)F. The highest BCUT2D eigenvalue weighted by Crippen LogP contribution is 2.43. The van der Waals surface area contributed by atoms with Crippen LogP contribution in [-0.2, 0) is 56.4 Å². The van der Waals surface area contributed by atoms with Crippen molar-refractivity contribution in [3.63, 3.8) is 0 Å². The van der Waals surface area contributed by atoms with E-state index in [2.05, 4.69) is 10.7 Å². The van der Waals surface area contributed by atoms with Crippen molar-refractivity contribution >= 4 is 40.7 Å². The number of aliphatic hydroxyl groups excluding tert-OH is 1. The lowest BCUT2D eigenvalue weighted by Crippen LogP contribution is -2.60. The minimum atomic E-state index is -4.64.